The Balaban J connectivity index is 2.11. The zero-order valence-electron chi connectivity index (χ0n) is 9.27. The molecule has 18 heavy (non-hydrogen) atoms. The number of anilines is 1. The van der Waals surface area contributed by atoms with Crippen LogP contribution in [0.5, 0.6) is 0 Å². The lowest BCUT2D eigenvalue weighted by Gasteiger charge is -2.11. The lowest BCUT2D eigenvalue weighted by molar-refractivity contribution is -0.117. The molecular formula is C11H11BrN2O3S. The molecule has 5 nitrogen and oxygen atoms in total. The van der Waals surface area contributed by atoms with E-state index in [2.05, 4.69) is 26.6 Å². The molecule has 1 aromatic carbocycles. The Morgan fingerprint density at radius 3 is 2.89 bits per heavy atom. The molecule has 7 heteroatoms. The van der Waals surface area contributed by atoms with Crippen LogP contribution < -0.4 is 10.6 Å². The van der Waals surface area contributed by atoms with Gasteiger partial charge in [-0.05, 0) is 34.1 Å². The van der Waals surface area contributed by atoms with E-state index in [1.807, 2.05) is 0 Å². The van der Waals surface area contributed by atoms with Gasteiger partial charge in [0.25, 0.3) is 0 Å². The highest BCUT2D eigenvalue weighted by atomic mass is 79.9. The fourth-order valence-electron chi connectivity index (χ4n) is 1.56. The minimum Gasteiger partial charge on any atom is -0.478 e. The molecule has 1 unspecified atom stereocenters. The molecule has 0 bridgehead atoms. The third-order valence-electron chi connectivity index (χ3n) is 2.50. The lowest BCUT2D eigenvalue weighted by atomic mass is 10.2. The largest absolute Gasteiger partial charge is 0.478 e. The number of carbonyl (C=O) groups excluding carboxylic acids is 1. The molecule has 0 spiro atoms. The van der Waals surface area contributed by atoms with Gasteiger partial charge in [-0.15, -0.1) is 11.8 Å². The second kappa shape index (κ2) is 5.73. The lowest BCUT2D eigenvalue weighted by Crippen LogP contribution is -2.37. The summed E-state index contributed by atoms with van der Waals surface area (Å²) in [5.74, 6) is 0.318. The number of halogens is 1. The molecule has 2 rings (SSSR count). The summed E-state index contributed by atoms with van der Waals surface area (Å²) < 4.78 is 0.488. The molecule has 3 N–H and O–H groups in total. The van der Waals surface area contributed by atoms with Gasteiger partial charge < -0.3 is 10.4 Å². The van der Waals surface area contributed by atoms with Crippen LogP contribution in [-0.2, 0) is 4.79 Å². The molecule has 1 amide bonds. The predicted octanol–water partition coefficient (Wildman–Crippen LogP) is 1.75. The Labute approximate surface area is 116 Å². The number of carboxylic acid groups (broad SMARTS) is 1. The number of nitrogens with one attached hydrogen (secondary N) is 2. The van der Waals surface area contributed by atoms with Gasteiger partial charge in [0.05, 0.1) is 11.6 Å². The van der Waals surface area contributed by atoms with Gasteiger partial charge >= 0.3 is 5.97 Å². The predicted molar refractivity (Wildman–Crippen MR) is 74.0 cm³/mol. The zero-order valence-corrected chi connectivity index (χ0v) is 11.7. The highest BCUT2D eigenvalue weighted by Crippen LogP contribution is 2.21. The van der Waals surface area contributed by atoms with E-state index in [4.69, 9.17) is 5.11 Å². The first-order valence-electron chi connectivity index (χ1n) is 5.23. The van der Waals surface area contributed by atoms with Gasteiger partial charge in [0.2, 0.25) is 5.91 Å². The molecule has 1 heterocycles. The molecule has 0 aliphatic carbocycles. The van der Waals surface area contributed by atoms with Crippen molar-refractivity contribution in [3.05, 3.63) is 28.2 Å². The van der Waals surface area contributed by atoms with Crippen LogP contribution in [-0.4, -0.2) is 34.7 Å². The highest BCUT2D eigenvalue weighted by Gasteiger charge is 2.22. The molecule has 1 aromatic rings. The van der Waals surface area contributed by atoms with Crippen LogP contribution >= 0.6 is 27.7 Å². The SMILES string of the molecule is O=C(O)c1cc(NC(=O)C2CSCN2)ccc1Br. The van der Waals surface area contributed by atoms with Crippen LogP contribution in [0.4, 0.5) is 5.69 Å². The Morgan fingerprint density at radius 2 is 2.28 bits per heavy atom. The summed E-state index contributed by atoms with van der Waals surface area (Å²) in [6.07, 6.45) is 0. The molecule has 1 aliphatic heterocycles. The van der Waals surface area contributed by atoms with Crippen molar-refractivity contribution in [3.8, 4) is 0 Å². The minimum atomic E-state index is -1.03. The second-order valence-electron chi connectivity index (χ2n) is 3.76. The van der Waals surface area contributed by atoms with E-state index in [1.165, 1.54) is 6.07 Å². The van der Waals surface area contributed by atoms with E-state index >= 15 is 0 Å². The normalized spacial score (nSPS) is 18.6. The topological polar surface area (TPSA) is 78.4 Å². The fraction of sp³-hybridized carbons (Fsp3) is 0.273. The van der Waals surface area contributed by atoms with Crippen molar-refractivity contribution < 1.29 is 14.7 Å². The summed E-state index contributed by atoms with van der Waals surface area (Å²) in [4.78, 5) is 22.8. The van der Waals surface area contributed by atoms with E-state index in [-0.39, 0.29) is 17.5 Å². The standard InChI is InChI=1S/C11H11BrN2O3S/c12-8-2-1-6(3-7(8)11(16)17)14-10(15)9-4-18-5-13-9/h1-3,9,13H,4-5H2,(H,14,15)(H,16,17). The number of hydrogen-bond acceptors (Lipinski definition) is 4. The summed E-state index contributed by atoms with van der Waals surface area (Å²) in [7, 11) is 0. The van der Waals surface area contributed by atoms with Crippen molar-refractivity contribution in [3.63, 3.8) is 0 Å². The third-order valence-corrected chi connectivity index (χ3v) is 4.13. The molecular weight excluding hydrogens is 320 g/mol. The summed E-state index contributed by atoms with van der Waals surface area (Å²) >= 11 is 4.81. The van der Waals surface area contributed by atoms with Crippen molar-refractivity contribution in [1.29, 1.82) is 0 Å². The van der Waals surface area contributed by atoms with Crippen LogP contribution in [0.15, 0.2) is 22.7 Å². The van der Waals surface area contributed by atoms with Crippen molar-refractivity contribution >= 4 is 45.3 Å². The van der Waals surface area contributed by atoms with E-state index in [9.17, 15) is 9.59 Å². The van der Waals surface area contributed by atoms with Gasteiger partial charge in [0.15, 0.2) is 0 Å². The second-order valence-corrected chi connectivity index (χ2v) is 5.65. The summed E-state index contributed by atoms with van der Waals surface area (Å²) in [5.41, 5.74) is 0.612. The Bertz CT molecular complexity index is 489. The Morgan fingerprint density at radius 1 is 1.50 bits per heavy atom. The van der Waals surface area contributed by atoms with Crippen LogP contribution in [0.2, 0.25) is 0 Å². The summed E-state index contributed by atoms with van der Waals surface area (Å²) in [6, 6.07) is 4.49. The number of thioether (sulfide) groups is 1. The van der Waals surface area contributed by atoms with E-state index in [0.29, 0.717) is 10.2 Å². The maximum absolute atomic E-state index is 11.8. The van der Waals surface area contributed by atoms with Crippen molar-refractivity contribution in [1.82, 2.24) is 5.32 Å². The number of carbonyl (C=O) groups is 2. The van der Waals surface area contributed by atoms with Crippen molar-refractivity contribution in [2.75, 3.05) is 16.9 Å². The molecule has 96 valence electrons. The third kappa shape index (κ3) is 3.04. The number of benzene rings is 1. The molecule has 0 aromatic heterocycles. The first-order chi connectivity index (χ1) is 8.58. The molecule has 1 aliphatic rings. The first-order valence-corrected chi connectivity index (χ1v) is 7.17. The van der Waals surface area contributed by atoms with Crippen LogP contribution in [0.1, 0.15) is 10.4 Å². The number of carboxylic acids is 1. The summed E-state index contributed by atoms with van der Waals surface area (Å²) in [5, 5.41) is 14.7. The highest BCUT2D eigenvalue weighted by molar-refractivity contribution is 9.10. The zero-order chi connectivity index (χ0) is 13.1. The van der Waals surface area contributed by atoms with Gasteiger partial charge in [-0.25, -0.2) is 4.79 Å². The fourth-order valence-corrected chi connectivity index (χ4v) is 2.92. The summed E-state index contributed by atoms with van der Waals surface area (Å²) in [6.45, 7) is 0. The molecule has 0 radical (unpaired) electrons. The van der Waals surface area contributed by atoms with Crippen molar-refractivity contribution in [2.45, 2.75) is 6.04 Å². The minimum absolute atomic E-state index is 0.126. The smallest absolute Gasteiger partial charge is 0.336 e. The van der Waals surface area contributed by atoms with E-state index in [1.54, 1.807) is 23.9 Å². The number of hydrogen-bond donors (Lipinski definition) is 3. The maximum atomic E-state index is 11.8. The Hall–Kier alpha value is -1.05. The average molecular weight is 331 g/mol. The van der Waals surface area contributed by atoms with Gasteiger partial charge in [-0.2, -0.15) is 0 Å². The maximum Gasteiger partial charge on any atom is 0.336 e. The first kappa shape index (κ1) is 13.4. The van der Waals surface area contributed by atoms with Gasteiger partial charge in [0.1, 0.15) is 0 Å². The molecule has 1 fully saturated rings. The Kier molecular flexibility index (Phi) is 4.26. The van der Waals surface area contributed by atoms with Crippen LogP contribution in [0.25, 0.3) is 0 Å². The quantitative estimate of drug-likeness (QED) is 0.786. The molecule has 1 atom stereocenters. The van der Waals surface area contributed by atoms with Crippen LogP contribution in [0, 0.1) is 0 Å². The number of amides is 1. The molecule has 0 saturated carbocycles. The number of rotatable bonds is 3. The van der Waals surface area contributed by atoms with Crippen LogP contribution in [0.3, 0.4) is 0 Å². The van der Waals surface area contributed by atoms with E-state index in [0.717, 1.165) is 11.6 Å². The molecule has 1 saturated heterocycles. The van der Waals surface area contributed by atoms with Gasteiger partial charge in [0, 0.05) is 21.8 Å². The van der Waals surface area contributed by atoms with E-state index < -0.39 is 5.97 Å². The van der Waals surface area contributed by atoms with Gasteiger partial charge in [-0.1, -0.05) is 0 Å². The average Bonchev–Trinajstić information content (AvgIpc) is 2.85. The monoisotopic (exact) mass is 330 g/mol. The number of aromatic carboxylic acids is 1. The van der Waals surface area contributed by atoms with Crippen molar-refractivity contribution in [2.24, 2.45) is 0 Å². The van der Waals surface area contributed by atoms with Gasteiger partial charge in [-0.3, -0.25) is 10.1 Å².